The first-order chi connectivity index (χ1) is 47.4. The van der Waals surface area contributed by atoms with Crippen LogP contribution in [0.1, 0.15) is 156 Å². The molecular weight excluding hydrogens is 1350 g/mol. The van der Waals surface area contributed by atoms with E-state index < -0.39 is 58.4 Å². The highest BCUT2D eigenvalue weighted by atomic mass is 32.3. The summed E-state index contributed by atoms with van der Waals surface area (Å²) in [5.41, 5.74) is 3.22. The van der Waals surface area contributed by atoms with Crippen molar-refractivity contribution in [2.45, 2.75) is 187 Å². The maximum absolute atomic E-state index is 13.7. The number of benzene rings is 6. The zero-order chi connectivity index (χ0) is 73.5. The molecule has 540 valence electrons. The Bertz CT molecular complexity index is 4740. The highest BCUT2D eigenvalue weighted by molar-refractivity contribution is 7.91. The van der Waals surface area contributed by atoms with Crippen LogP contribution in [0, 0.1) is 0 Å². The van der Waals surface area contributed by atoms with E-state index in [9.17, 15) is 48.3 Å². The van der Waals surface area contributed by atoms with Gasteiger partial charge in [0.25, 0.3) is 0 Å². The molecule has 3 aliphatic heterocycles. The number of aromatic amines is 1. The van der Waals surface area contributed by atoms with Crippen molar-refractivity contribution in [3.8, 4) is 0 Å². The summed E-state index contributed by atoms with van der Waals surface area (Å²) in [7, 11) is -12.0. The number of amides is 2. The van der Waals surface area contributed by atoms with Gasteiger partial charge in [0.2, 0.25) is 19.7 Å². The van der Waals surface area contributed by atoms with Gasteiger partial charge in [-0.3, -0.25) is 4.57 Å². The molecule has 9 aromatic rings. The Hall–Kier alpha value is -8.84. The molecule has 3 aromatic heterocycles. The number of H-pyrrole nitrogens is 1. The Morgan fingerprint density at radius 1 is 0.416 bits per heavy atom. The van der Waals surface area contributed by atoms with E-state index in [-0.39, 0.29) is 44.0 Å². The van der Waals surface area contributed by atoms with Crippen molar-refractivity contribution in [1.82, 2.24) is 29.2 Å². The fourth-order valence-corrected chi connectivity index (χ4v) is 15.7. The van der Waals surface area contributed by atoms with E-state index in [0.717, 1.165) is 66.1 Å². The number of halogens is 1. The largest absolute Gasteiger partial charge is 0.444 e. The molecule has 0 bridgehead atoms. The number of carbonyl (C=O) groups excluding carboxylic acids is 4. The minimum Gasteiger partial charge on any atom is -0.444 e. The average molecular weight is 1440 g/mol. The first-order valence-corrected chi connectivity index (χ1v) is 38.3. The third kappa shape index (κ3) is 19.6. The molecule has 3 aliphatic rings. The number of nitrogens with zero attached hydrogens (tertiary/aromatic N) is 4. The Labute approximate surface area is 592 Å². The zero-order valence-corrected chi connectivity index (χ0v) is 61.9. The van der Waals surface area contributed by atoms with Crippen LogP contribution in [-0.4, -0.2) is 135 Å². The lowest BCUT2D eigenvalue weighted by Crippen LogP contribution is -2.41. The summed E-state index contributed by atoms with van der Waals surface area (Å²) in [5.74, 6) is 0.907. The third-order valence-electron chi connectivity index (χ3n) is 17.1. The summed E-state index contributed by atoms with van der Waals surface area (Å²) < 4.78 is 110. The Morgan fingerprint density at radius 2 is 0.812 bits per heavy atom. The van der Waals surface area contributed by atoms with E-state index in [2.05, 4.69) is 22.4 Å². The Morgan fingerprint density at radius 3 is 1.27 bits per heavy atom. The minimum absolute atomic E-state index is 0.0825. The molecule has 3 saturated heterocycles. The van der Waals surface area contributed by atoms with Gasteiger partial charge in [-0.2, -0.15) is 8.42 Å². The van der Waals surface area contributed by atoms with Crippen LogP contribution < -0.4 is 5.32 Å². The molecule has 101 heavy (non-hydrogen) atoms. The van der Waals surface area contributed by atoms with Gasteiger partial charge in [-0.25, -0.2) is 40.6 Å². The van der Waals surface area contributed by atoms with Gasteiger partial charge in [-0.15, -0.1) is 3.89 Å². The van der Waals surface area contributed by atoms with Crippen LogP contribution in [0.5, 0.6) is 0 Å². The van der Waals surface area contributed by atoms with Gasteiger partial charge in [0.15, 0.2) is 5.03 Å². The van der Waals surface area contributed by atoms with Crippen molar-refractivity contribution in [2.24, 2.45) is 0 Å². The molecule has 6 heterocycles. The lowest BCUT2D eigenvalue weighted by molar-refractivity contribution is 0.0194. The standard InChI is InChI=1S/C29H36N2O6S.C23H32N2O4.C19H20N2O2S.C6H5FO2S/c1-28(2,3)36-26(32)30-17-15-20(16-18-30)22-13-10-14-24-23(22)19-25(31(24)27(33)37-29(4,5)6)38(34,35)21-11-8-7-9-12-21;1-22(2,3)28-20(26)24-13-10-16(11-14-24)17-8-7-9-19-18(17)12-15-25(19)21(27)29-23(4,5)6;22-24(23,15-5-2-1-3-6-15)19-13-17-16(7-4-8-18(17)21-19)14-9-11-20-12-10-14;7-10(8,9)6-4-2-1-3-5-6/h7-14,19-20H,15-18H2,1-6H3;7-9,12,15-16H,10-11,13-14H2,1-6H3;1-8,13-14,20-21H,9-12H2;1-5H. The van der Waals surface area contributed by atoms with Crippen LogP contribution in [0.25, 0.3) is 32.7 Å². The number of ether oxygens (including phenoxy) is 4. The Balaban J connectivity index is 0.000000168. The van der Waals surface area contributed by atoms with Gasteiger partial charge in [0.05, 0.1) is 25.7 Å². The number of aromatic nitrogens is 3. The molecule has 0 spiro atoms. The van der Waals surface area contributed by atoms with Gasteiger partial charge in [0.1, 0.15) is 27.4 Å². The van der Waals surface area contributed by atoms with Crippen LogP contribution in [0.3, 0.4) is 0 Å². The number of piperidine rings is 3. The predicted molar refractivity (Wildman–Crippen MR) is 388 cm³/mol. The minimum atomic E-state index is -4.50. The van der Waals surface area contributed by atoms with Crippen LogP contribution in [-0.2, 0) is 48.8 Å². The second-order valence-electron chi connectivity index (χ2n) is 29.4. The van der Waals surface area contributed by atoms with Crippen LogP contribution in [0.4, 0.5) is 23.1 Å². The summed E-state index contributed by atoms with van der Waals surface area (Å²) in [5, 5.41) is 6.29. The van der Waals surface area contributed by atoms with E-state index in [1.54, 1.807) is 108 Å². The summed E-state index contributed by atoms with van der Waals surface area (Å²) in [4.78, 5) is 57.5. The molecule has 0 radical (unpaired) electrons. The Kier molecular flexibility index (Phi) is 23.6. The number of hydrogen-bond donors (Lipinski definition) is 2. The predicted octanol–water partition coefficient (Wildman–Crippen LogP) is 16.7. The summed E-state index contributed by atoms with van der Waals surface area (Å²) >= 11 is 0. The molecule has 0 atom stereocenters. The van der Waals surface area contributed by atoms with Crippen molar-refractivity contribution in [3.63, 3.8) is 0 Å². The van der Waals surface area contributed by atoms with Crippen LogP contribution >= 0.6 is 0 Å². The summed E-state index contributed by atoms with van der Waals surface area (Å²) in [6, 6.07) is 46.6. The smallest absolute Gasteiger partial charge is 0.420 e. The first-order valence-electron chi connectivity index (χ1n) is 34.0. The number of carbonyl (C=O) groups is 4. The van der Waals surface area contributed by atoms with E-state index in [4.69, 9.17) is 18.9 Å². The molecule has 2 N–H and O–H groups in total. The van der Waals surface area contributed by atoms with Gasteiger partial charge < -0.3 is 39.0 Å². The first kappa shape index (κ1) is 76.3. The van der Waals surface area contributed by atoms with Crippen molar-refractivity contribution in [1.29, 1.82) is 0 Å². The molecular formula is C77H93FN6O14S3. The molecule has 0 unspecified atom stereocenters. The fraction of sp³-hybridized carbons (Fsp3) is 0.403. The lowest BCUT2D eigenvalue weighted by atomic mass is 9.87. The van der Waals surface area contributed by atoms with E-state index in [0.29, 0.717) is 66.7 Å². The van der Waals surface area contributed by atoms with E-state index >= 15 is 0 Å². The molecule has 12 rings (SSSR count). The number of fused-ring (bicyclic) bond motifs is 3. The van der Waals surface area contributed by atoms with Crippen LogP contribution in [0.15, 0.2) is 195 Å². The number of nitrogens with one attached hydrogen (secondary N) is 2. The molecule has 20 nitrogen and oxygen atoms in total. The maximum Gasteiger partial charge on any atom is 0.420 e. The number of hydrogen-bond acceptors (Lipinski definition) is 15. The highest BCUT2D eigenvalue weighted by Gasteiger charge is 2.35. The van der Waals surface area contributed by atoms with Crippen molar-refractivity contribution >= 4 is 87.0 Å². The second kappa shape index (κ2) is 31.2. The highest BCUT2D eigenvalue weighted by Crippen LogP contribution is 2.40. The van der Waals surface area contributed by atoms with Gasteiger partial charge >= 0.3 is 34.6 Å². The summed E-state index contributed by atoms with van der Waals surface area (Å²) in [6.45, 7) is 26.4. The van der Waals surface area contributed by atoms with Gasteiger partial charge in [-0.05, 0) is 242 Å². The molecule has 3 fully saturated rings. The zero-order valence-electron chi connectivity index (χ0n) is 59.5. The molecule has 6 aromatic carbocycles. The fourth-order valence-electron chi connectivity index (χ4n) is 12.5. The maximum atomic E-state index is 13.7. The van der Waals surface area contributed by atoms with Crippen molar-refractivity contribution < 1.29 is 67.3 Å². The third-order valence-corrected chi connectivity index (χ3v) is 21.4. The van der Waals surface area contributed by atoms with Crippen LogP contribution in [0.2, 0.25) is 0 Å². The molecule has 0 aliphatic carbocycles. The lowest BCUT2D eigenvalue weighted by Gasteiger charge is -2.33. The molecule has 0 saturated carbocycles. The van der Waals surface area contributed by atoms with Crippen molar-refractivity contribution in [3.05, 3.63) is 187 Å². The van der Waals surface area contributed by atoms with E-state index in [1.165, 1.54) is 52.1 Å². The van der Waals surface area contributed by atoms with Gasteiger partial charge in [-0.1, -0.05) is 91.0 Å². The second-order valence-corrected chi connectivity index (χ2v) is 34.5. The number of rotatable bonds is 8. The number of likely N-dealkylation sites (tertiary alicyclic amines) is 2. The monoisotopic (exact) mass is 1440 g/mol. The quantitative estimate of drug-likeness (QED) is 0.106. The average Bonchev–Trinajstić information content (AvgIpc) is 1.59. The topological polar surface area (TPSA) is 252 Å². The number of sulfone groups is 2. The van der Waals surface area contributed by atoms with E-state index in [1.807, 2.05) is 111 Å². The van der Waals surface area contributed by atoms with Crippen molar-refractivity contribution in [2.75, 3.05) is 39.3 Å². The molecule has 2 amide bonds. The normalized spacial score (nSPS) is 15.5. The molecule has 24 heteroatoms. The SMILES string of the molecule is CC(C)(C)OC(=O)N1CCC(c2cccc3c2cc(S(=O)(=O)c2ccccc2)n3C(=O)OC(C)(C)C)CC1.CC(C)(C)OC(=O)N1CCC(c2cccc3c2ccn3C(=O)OC(C)(C)C)CC1.O=S(=O)(F)c1ccccc1.O=S(=O)(c1ccccc1)c1cc2c(C3CCNCC3)cccc2[nH]1. The van der Waals surface area contributed by atoms with Gasteiger partial charge in [0, 0.05) is 54.1 Å². The summed E-state index contributed by atoms with van der Waals surface area (Å²) in [6.07, 6.45) is 5.38.